The van der Waals surface area contributed by atoms with Crippen molar-refractivity contribution in [2.45, 2.75) is 25.3 Å². The normalized spacial score (nSPS) is 16.5. The monoisotopic (exact) mass is 410 g/mol. The lowest BCUT2D eigenvalue weighted by atomic mass is 9.92. The maximum Gasteiger partial charge on any atom is 0.213 e. The third kappa shape index (κ3) is 3.49. The van der Waals surface area contributed by atoms with Gasteiger partial charge in [-0.05, 0) is 55.3 Å². The number of likely N-dealkylation sites (tertiary alicyclic amines) is 1. The van der Waals surface area contributed by atoms with Gasteiger partial charge < -0.3 is 4.74 Å². The molecule has 4 heteroatoms. The highest BCUT2D eigenvalue weighted by Crippen LogP contribution is 2.37. The largest absolute Gasteiger partial charge is 0.481 e. The highest BCUT2D eigenvalue weighted by atomic mass is 79.9. The average molecular weight is 411 g/mol. The van der Waals surface area contributed by atoms with Crippen molar-refractivity contribution < 1.29 is 4.74 Å². The number of hydrogen-bond donors (Lipinski definition) is 0. The molecule has 0 N–H and O–H groups in total. The van der Waals surface area contributed by atoms with Crippen molar-refractivity contribution in [1.82, 2.24) is 9.88 Å². The molecule has 1 unspecified atom stereocenters. The summed E-state index contributed by atoms with van der Waals surface area (Å²) in [6, 6.07) is 19.4. The minimum atomic E-state index is 0.213. The molecule has 0 bridgehead atoms. The Kier molecular flexibility index (Phi) is 5.23. The van der Waals surface area contributed by atoms with E-state index in [0.717, 1.165) is 23.1 Å². The zero-order valence-electron chi connectivity index (χ0n) is 15.0. The van der Waals surface area contributed by atoms with Crippen molar-refractivity contribution >= 4 is 26.8 Å². The van der Waals surface area contributed by atoms with Crippen LogP contribution in [0.1, 0.15) is 36.4 Å². The average Bonchev–Trinajstić information content (AvgIpc) is 2.70. The maximum atomic E-state index is 5.53. The number of methoxy groups -OCH3 is 1. The summed E-state index contributed by atoms with van der Waals surface area (Å²) in [5, 5.41) is 1.18. The van der Waals surface area contributed by atoms with Crippen LogP contribution in [0.5, 0.6) is 5.88 Å². The van der Waals surface area contributed by atoms with Gasteiger partial charge >= 0.3 is 0 Å². The summed E-state index contributed by atoms with van der Waals surface area (Å²) in [7, 11) is 1.69. The van der Waals surface area contributed by atoms with Crippen molar-refractivity contribution in [1.29, 1.82) is 0 Å². The Morgan fingerprint density at radius 3 is 2.50 bits per heavy atom. The van der Waals surface area contributed by atoms with Crippen molar-refractivity contribution in [2.75, 3.05) is 20.2 Å². The number of hydrogen-bond acceptors (Lipinski definition) is 3. The van der Waals surface area contributed by atoms with E-state index in [9.17, 15) is 0 Å². The molecule has 3 aromatic rings. The fraction of sp³-hybridized carbons (Fsp3) is 0.318. The lowest BCUT2D eigenvalue weighted by Crippen LogP contribution is -2.34. The van der Waals surface area contributed by atoms with Gasteiger partial charge in [0.25, 0.3) is 0 Å². The molecule has 2 aromatic carbocycles. The van der Waals surface area contributed by atoms with Gasteiger partial charge in [0.15, 0.2) is 0 Å². The number of piperidine rings is 1. The summed E-state index contributed by atoms with van der Waals surface area (Å²) in [5.41, 5.74) is 3.56. The topological polar surface area (TPSA) is 25.4 Å². The third-order valence-electron chi connectivity index (χ3n) is 5.15. The molecule has 1 saturated heterocycles. The molecule has 0 aliphatic carbocycles. The second kappa shape index (κ2) is 7.77. The van der Waals surface area contributed by atoms with E-state index in [1.165, 1.54) is 35.8 Å². The molecule has 0 saturated carbocycles. The first-order valence-electron chi connectivity index (χ1n) is 9.19. The number of aromatic nitrogens is 1. The SMILES string of the molecule is COc1cc(C(c2ccccc2)N2CCCCC2)c2cc(Br)ccc2n1. The fourth-order valence-corrected chi connectivity index (χ4v) is 4.29. The Morgan fingerprint density at radius 2 is 1.77 bits per heavy atom. The van der Waals surface area contributed by atoms with E-state index < -0.39 is 0 Å². The second-order valence-electron chi connectivity index (χ2n) is 6.83. The Bertz CT molecular complexity index is 891. The highest BCUT2D eigenvalue weighted by molar-refractivity contribution is 9.10. The molecular formula is C22H23BrN2O. The molecule has 1 fully saturated rings. The quantitative estimate of drug-likeness (QED) is 0.560. The number of rotatable bonds is 4. The van der Waals surface area contributed by atoms with Crippen LogP contribution in [0.15, 0.2) is 59.1 Å². The first kappa shape index (κ1) is 17.5. The van der Waals surface area contributed by atoms with Gasteiger partial charge in [0.05, 0.1) is 18.7 Å². The van der Waals surface area contributed by atoms with Crippen LogP contribution in [0.25, 0.3) is 10.9 Å². The van der Waals surface area contributed by atoms with E-state index in [1.807, 2.05) is 6.07 Å². The predicted octanol–water partition coefficient (Wildman–Crippen LogP) is 5.58. The van der Waals surface area contributed by atoms with Crippen LogP contribution >= 0.6 is 15.9 Å². The number of fused-ring (bicyclic) bond motifs is 1. The molecule has 4 rings (SSSR count). The van der Waals surface area contributed by atoms with Gasteiger partial charge in [-0.15, -0.1) is 0 Å². The molecule has 2 heterocycles. The van der Waals surface area contributed by atoms with Crippen LogP contribution in [0.3, 0.4) is 0 Å². The van der Waals surface area contributed by atoms with Crippen molar-refractivity contribution in [3.8, 4) is 5.88 Å². The summed E-state index contributed by atoms with van der Waals surface area (Å²) in [4.78, 5) is 7.26. The summed E-state index contributed by atoms with van der Waals surface area (Å²) in [6.07, 6.45) is 3.84. The van der Waals surface area contributed by atoms with E-state index in [1.54, 1.807) is 7.11 Å². The molecule has 0 spiro atoms. The van der Waals surface area contributed by atoms with Gasteiger partial charge in [0.1, 0.15) is 0 Å². The van der Waals surface area contributed by atoms with Gasteiger partial charge in [-0.25, -0.2) is 4.98 Å². The molecule has 134 valence electrons. The van der Waals surface area contributed by atoms with Gasteiger partial charge in [0.2, 0.25) is 5.88 Å². The molecule has 1 aliphatic heterocycles. The van der Waals surface area contributed by atoms with Crippen molar-refractivity contribution in [3.63, 3.8) is 0 Å². The van der Waals surface area contributed by atoms with E-state index in [0.29, 0.717) is 5.88 Å². The van der Waals surface area contributed by atoms with Crippen LogP contribution in [-0.2, 0) is 0 Å². The Morgan fingerprint density at radius 1 is 1.00 bits per heavy atom. The number of ether oxygens (including phenoxy) is 1. The molecule has 26 heavy (non-hydrogen) atoms. The van der Waals surface area contributed by atoms with E-state index in [2.05, 4.69) is 74.3 Å². The molecular weight excluding hydrogens is 388 g/mol. The number of benzene rings is 2. The Hall–Kier alpha value is -1.91. The summed E-state index contributed by atoms with van der Waals surface area (Å²) < 4.78 is 6.60. The molecule has 0 radical (unpaired) electrons. The zero-order chi connectivity index (χ0) is 17.9. The van der Waals surface area contributed by atoms with Crippen LogP contribution < -0.4 is 4.74 Å². The van der Waals surface area contributed by atoms with E-state index in [-0.39, 0.29) is 6.04 Å². The van der Waals surface area contributed by atoms with Crippen molar-refractivity contribution in [2.24, 2.45) is 0 Å². The van der Waals surface area contributed by atoms with E-state index >= 15 is 0 Å². The molecule has 1 aliphatic rings. The third-order valence-corrected chi connectivity index (χ3v) is 5.65. The van der Waals surface area contributed by atoms with E-state index in [4.69, 9.17) is 4.74 Å². The van der Waals surface area contributed by atoms with Gasteiger partial charge in [-0.3, -0.25) is 4.90 Å². The molecule has 3 nitrogen and oxygen atoms in total. The predicted molar refractivity (Wildman–Crippen MR) is 110 cm³/mol. The standard InChI is InChI=1S/C22H23BrN2O/c1-26-21-15-19(18-14-17(23)10-11-20(18)24-21)22(16-8-4-2-5-9-16)25-12-6-3-7-13-25/h2,4-5,8-11,14-15,22H,3,6-7,12-13H2,1H3. The van der Waals surface area contributed by atoms with Crippen molar-refractivity contribution in [3.05, 3.63) is 70.2 Å². The smallest absolute Gasteiger partial charge is 0.213 e. The lowest BCUT2D eigenvalue weighted by molar-refractivity contribution is 0.188. The first-order valence-corrected chi connectivity index (χ1v) is 9.99. The van der Waals surface area contributed by atoms with Crippen LogP contribution in [0.2, 0.25) is 0 Å². The fourth-order valence-electron chi connectivity index (χ4n) is 3.93. The summed E-state index contributed by atoms with van der Waals surface area (Å²) in [6.45, 7) is 2.25. The van der Waals surface area contributed by atoms with Crippen LogP contribution in [-0.4, -0.2) is 30.1 Å². The second-order valence-corrected chi connectivity index (χ2v) is 7.74. The highest BCUT2D eigenvalue weighted by Gasteiger charge is 2.26. The van der Waals surface area contributed by atoms with Crippen LogP contribution in [0, 0.1) is 0 Å². The lowest BCUT2D eigenvalue weighted by Gasteiger charge is -2.36. The molecule has 1 atom stereocenters. The van der Waals surface area contributed by atoms with Gasteiger partial charge in [-0.1, -0.05) is 52.7 Å². The Labute approximate surface area is 163 Å². The minimum absolute atomic E-state index is 0.213. The summed E-state index contributed by atoms with van der Waals surface area (Å²) >= 11 is 3.63. The van der Waals surface area contributed by atoms with Gasteiger partial charge in [0, 0.05) is 15.9 Å². The first-order chi connectivity index (χ1) is 12.8. The molecule has 1 aromatic heterocycles. The minimum Gasteiger partial charge on any atom is -0.481 e. The zero-order valence-corrected chi connectivity index (χ0v) is 16.6. The summed E-state index contributed by atoms with van der Waals surface area (Å²) in [5.74, 6) is 0.674. The number of nitrogens with zero attached hydrogens (tertiary/aromatic N) is 2. The maximum absolute atomic E-state index is 5.53. The van der Waals surface area contributed by atoms with Gasteiger partial charge in [-0.2, -0.15) is 0 Å². The number of pyridine rings is 1. The molecule has 0 amide bonds. The Balaban J connectivity index is 1.93. The number of halogens is 1. The van der Waals surface area contributed by atoms with Crippen LogP contribution in [0.4, 0.5) is 0 Å².